The summed E-state index contributed by atoms with van der Waals surface area (Å²) in [6, 6.07) is 9.81. The van der Waals surface area contributed by atoms with E-state index < -0.39 is 0 Å². The Balaban J connectivity index is 1.30. The van der Waals surface area contributed by atoms with E-state index in [1.165, 1.54) is 58.5 Å². The van der Waals surface area contributed by atoms with Gasteiger partial charge in [0.15, 0.2) is 5.69 Å². The van der Waals surface area contributed by atoms with Crippen molar-refractivity contribution in [1.29, 1.82) is 0 Å². The van der Waals surface area contributed by atoms with Gasteiger partial charge in [-0.05, 0) is 75.8 Å². The standard InChI is InChI=1S/C31H42N4O4/c1-3-39-29(36)14-13-27(33-38-2)30-31(37)35(28-10-5-4-9-26(28)32-30)25-18-22-11-12-23(19-25)34(22)24-16-20-7-6-8-21(15-20)17-24/h4-5,9-10,20-25H,3,6-8,11-19H2,1-2H3/t20?,21?,22-,23+,24?,25+. The monoisotopic (exact) mass is 534 g/mol. The average molecular weight is 535 g/mol. The molecule has 0 spiro atoms. The minimum atomic E-state index is -0.321. The lowest BCUT2D eigenvalue weighted by molar-refractivity contribution is -0.142. The van der Waals surface area contributed by atoms with Gasteiger partial charge in [0.25, 0.3) is 5.56 Å². The van der Waals surface area contributed by atoms with E-state index in [1.807, 2.05) is 28.8 Å². The number of para-hydroxylation sites is 2. The lowest BCUT2D eigenvalue weighted by Gasteiger charge is -2.49. The number of rotatable bonds is 8. The minimum absolute atomic E-state index is 0.120. The number of hydrogen-bond donors (Lipinski definition) is 0. The van der Waals surface area contributed by atoms with Gasteiger partial charge in [-0.25, -0.2) is 4.98 Å². The molecule has 5 atom stereocenters. The smallest absolute Gasteiger partial charge is 0.306 e. The fourth-order valence-corrected chi connectivity index (χ4v) is 8.41. The summed E-state index contributed by atoms with van der Waals surface area (Å²) in [6.45, 7) is 2.10. The predicted molar refractivity (Wildman–Crippen MR) is 151 cm³/mol. The molecule has 2 saturated heterocycles. The molecule has 0 radical (unpaired) electrons. The van der Waals surface area contributed by atoms with Crippen LogP contribution in [0.1, 0.15) is 95.7 Å². The highest BCUT2D eigenvalue weighted by Crippen LogP contribution is 2.48. The molecular weight excluding hydrogens is 492 g/mol. The van der Waals surface area contributed by atoms with Gasteiger partial charge in [-0.1, -0.05) is 36.6 Å². The summed E-state index contributed by atoms with van der Waals surface area (Å²) in [5, 5.41) is 4.15. The number of benzene rings is 1. The molecule has 3 heterocycles. The van der Waals surface area contributed by atoms with Crippen molar-refractivity contribution in [3.8, 4) is 0 Å². The highest BCUT2D eigenvalue weighted by molar-refractivity contribution is 6.00. The number of piperidine rings is 1. The maximum absolute atomic E-state index is 14.2. The second-order valence-electron chi connectivity index (χ2n) is 12.1. The lowest BCUT2D eigenvalue weighted by atomic mass is 9.69. The first kappa shape index (κ1) is 26.5. The molecule has 6 rings (SSSR count). The molecular formula is C31H42N4O4. The zero-order valence-corrected chi connectivity index (χ0v) is 23.4. The number of aromatic nitrogens is 2. The van der Waals surface area contributed by atoms with Gasteiger partial charge in [0.05, 0.1) is 24.1 Å². The van der Waals surface area contributed by atoms with Gasteiger partial charge in [-0.2, -0.15) is 0 Å². The third-order valence-corrected chi connectivity index (χ3v) is 9.79. The maximum Gasteiger partial charge on any atom is 0.306 e. The number of esters is 1. The van der Waals surface area contributed by atoms with Crippen LogP contribution in [0.3, 0.4) is 0 Å². The molecule has 1 aromatic heterocycles. The molecule has 2 aliphatic heterocycles. The topological polar surface area (TPSA) is 86.0 Å². The zero-order valence-electron chi connectivity index (χ0n) is 23.4. The summed E-state index contributed by atoms with van der Waals surface area (Å²) >= 11 is 0. The molecule has 0 N–H and O–H groups in total. The van der Waals surface area contributed by atoms with E-state index in [0.717, 1.165) is 41.8 Å². The van der Waals surface area contributed by atoms with Crippen molar-refractivity contribution >= 4 is 22.7 Å². The van der Waals surface area contributed by atoms with Crippen LogP contribution < -0.4 is 5.56 Å². The van der Waals surface area contributed by atoms with Gasteiger partial charge in [0.2, 0.25) is 0 Å². The normalized spacial score (nSPS) is 30.9. The first-order valence-electron chi connectivity index (χ1n) is 15.1. The van der Waals surface area contributed by atoms with Crippen molar-refractivity contribution in [2.75, 3.05) is 13.7 Å². The summed E-state index contributed by atoms with van der Waals surface area (Å²) in [6.07, 6.45) is 13.3. The number of carbonyl (C=O) groups excluding carboxylic acids is 1. The number of nitrogens with zero attached hydrogens (tertiary/aromatic N) is 4. The van der Waals surface area contributed by atoms with Crippen LogP contribution >= 0.6 is 0 Å². The van der Waals surface area contributed by atoms with Crippen molar-refractivity contribution in [2.45, 2.75) is 108 Å². The van der Waals surface area contributed by atoms with Gasteiger partial charge in [-0.15, -0.1) is 0 Å². The summed E-state index contributed by atoms with van der Waals surface area (Å²) < 4.78 is 7.09. The van der Waals surface area contributed by atoms with Crippen molar-refractivity contribution in [2.24, 2.45) is 17.0 Å². The SMILES string of the molecule is CCOC(=O)CCC(=NOC)c1nc2ccccc2n([C@H]2C[C@H]3CC[C@@H](C2)N3C2CC3CCCC(C3)C2)c1=O. The second-order valence-corrected chi connectivity index (χ2v) is 12.1. The fourth-order valence-electron chi connectivity index (χ4n) is 8.41. The van der Waals surface area contributed by atoms with Gasteiger partial charge >= 0.3 is 5.97 Å². The van der Waals surface area contributed by atoms with Crippen molar-refractivity contribution in [3.05, 3.63) is 40.3 Å². The molecule has 8 heteroatoms. The summed E-state index contributed by atoms with van der Waals surface area (Å²) in [4.78, 5) is 39.0. The molecule has 210 valence electrons. The molecule has 0 amide bonds. The number of carbonyl (C=O) groups is 1. The van der Waals surface area contributed by atoms with Crippen LogP contribution in [0.2, 0.25) is 0 Å². The Kier molecular flexibility index (Phi) is 7.74. The molecule has 39 heavy (non-hydrogen) atoms. The highest BCUT2D eigenvalue weighted by Gasteiger charge is 2.47. The quantitative estimate of drug-likeness (QED) is 0.262. The van der Waals surface area contributed by atoms with Crippen LogP contribution in [-0.4, -0.2) is 58.0 Å². The van der Waals surface area contributed by atoms with Crippen LogP contribution in [0.4, 0.5) is 0 Å². The lowest BCUT2D eigenvalue weighted by Crippen LogP contribution is -2.52. The molecule has 2 aliphatic carbocycles. The Morgan fingerprint density at radius 2 is 1.67 bits per heavy atom. The summed E-state index contributed by atoms with van der Waals surface area (Å²) in [5.41, 5.74) is 2.16. The average Bonchev–Trinajstić information content (AvgIpc) is 3.20. The van der Waals surface area contributed by atoms with Crippen LogP contribution in [0, 0.1) is 11.8 Å². The molecule has 8 nitrogen and oxygen atoms in total. The Morgan fingerprint density at radius 1 is 0.949 bits per heavy atom. The Morgan fingerprint density at radius 3 is 2.36 bits per heavy atom. The molecule has 4 aliphatic rings. The fraction of sp³-hybridized carbons (Fsp3) is 0.677. The van der Waals surface area contributed by atoms with Crippen LogP contribution in [0.15, 0.2) is 34.2 Å². The number of ether oxygens (including phenoxy) is 1. The molecule has 2 saturated carbocycles. The van der Waals surface area contributed by atoms with E-state index in [-0.39, 0.29) is 36.1 Å². The molecule has 1 aromatic carbocycles. The number of fused-ring (bicyclic) bond motifs is 5. The van der Waals surface area contributed by atoms with Crippen LogP contribution in [0.5, 0.6) is 0 Å². The van der Waals surface area contributed by atoms with Gasteiger partial charge in [-0.3, -0.25) is 14.5 Å². The Bertz CT molecular complexity index is 1260. The number of oxime groups is 1. The summed E-state index contributed by atoms with van der Waals surface area (Å²) in [5.74, 6) is 1.52. The van der Waals surface area contributed by atoms with Crippen molar-refractivity contribution in [1.82, 2.24) is 14.5 Å². The van der Waals surface area contributed by atoms with Crippen LogP contribution in [0.25, 0.3) is 11.0 Å². The van der Waals surface area contributed by atoms with E-state index in [4.69, 9.17) is 14.6 Å². The first-order chi connectivity index (χ1) is 19.1. The molecule has 2 aromatic rings. The third kappa shape index (κ3) is 5.24. The van der Waals surface area contributed by atoms with Gasteiger partial charge < -0.3 is 14.1 Å². The van der Waals surface area contributed by atoms with Crippen LogP contribution in [-0.2, 0) is 14.4 Å². The first-order valence-corrected chi connectivity index (χ1v) is 15.1. The predicted octanol–water partition coefficient (Wildman–Crippen LogP) is 5.23. The van der Waals surface area contributed by atoms with Gasteiger partial charge in [0, 0.05) is 30.6 Å². The summed E-state index contributed by atoms with van der Waals surface area (Å²) in [7, 11) is 1.46. The highest BCUT2D eigenvalue weighted by atomic mass is 16.6. The Labute approximate surface area is 230 Å². The number of hydrogen-bond acceptors (Lipinski definition) is 7. The largest absolute Gasteiger partial charge is 0.466 e. The minimum Gasteiger partial charge on any atom is -0.466 e. The van der Waals surface area contributed by atoms with E-state index in [2.05, 4.69) is 10.1 Å². The van der Waals surface area contributed by atoms with E-state index in [1.54, 1.807) is 6.92 Å². The second kappa shape index (κ2) is 11.4. The van der Waals surface area contributed by atoms with Gasteiger partial charge in [0.1, 0.15) is 12.8 Å². The van der Waals surface area contributed by atoms with E-state index in [9.17, 15) is 9.59 Å². The zero-order chi connectivity index (χ0) is 26.9. The van der Waals surface area contributed by atoms with Crippen molar-refractivity contribution in [3.63, 3.8) is 0 Å². The third-order valence-electron chi connectivity index (χ3n) is 9.79. The molecule has 4 fully saturated rings. The Hall–Kier alpha value is -2.74. The molecule has 4 bridgehead atoms. The maximum atomic E-state index is 14.2. The van der Waals surface area contributed by atoms with E-state index in [0.29, 0.717) is 24.4 Å². The van der Waals surface area contributed by atoms with E-state index >= 15 is 0 Å². The molecule has 2 unspecified atom stereocenters. The van der Waals surface area contributed by atoms with Crippen molar-refractivity contribution < 1.29 is 14.4 Å².